The van der Waals surface area contributed by atoms with Crippen LogP contribution in [0.1, 0.15) is 71.8 Å². The molecule has 1 saturated heterocycles. The van der Waals surface area contributed by atoms with E-state index >= 15 is 0 Å². The highest BCUT2D eigenvalue weighted by molar-refractivity contribution is 6.00. The number of aromatic nitrogens is 2. The Morgan fingerprint density at radius 3 is 2.34 bits per heavy atom. The van der Waals surface area contributed by atoms with Crippen LogP contribution in [0.5, 0.6) is 5.75 Å². The molecule has 162 valence electrons. The van der Waals surface area contributed by atoms with E-state index < -0.39 is 23.2 Å². The van der Waals surface area contributed by atoms with Gasteiger partial charge in [0.05, 0.1) is 23.8 Å². The molecule has 0 aromatic carbocycles. The van der Waals surface area contributed by atoms with Gasteiger partial charge in [0.1, 0.15) is 11.2 Å². The van der Waals surface area contributed by atoms with Crippen molar-refractivity contribution in [2.24, 2.45) is 5.92 Å². The molecule has 0 radical (unpaired) electrons. The van der Waals surface area contributed by atoms with Crippen molar-refractivity contribution in [1.82, 2.24) is 14.7 Å². The first-order valence-corrected chi connectivity index (χ1v) is 10.2. The summed E-state index contributed by atoms with van der Waals surface area (Å²) in [5.74, 6) is -0.471. The Morgan fingerprint density at radius 1 is 1.28 bits per heavy atom. The number of likely N-dealkylation sites (tertiary alicyclic amines) is 1. The van der Waals surface area contributed by atoms with E-state index in [4.69, 9.17) is 9.47 Å². The van der Waals surface area contributed by atoms with Gasteiger partial charge in [-0.2, -0.15) is 5.10 Å². The Kier molecular flexibility index (Phi) is 5.22. The van der Waals surface area contributed by atoms with E-state index in [2.05, 4.69) is 5.10 Å². The number of carbonyl (C=O) groups is 2. The molecule has 3 rings (SSSR count). The molecule has 2 unspecified atom stereocenters. The van der Waals surface area contributed by atoms with E-state index in [9.17, 15) is 14.7 Å². The maximum atomic E-state index is 13.3. The van der Waals surface area contributed by atoms with Crippen LogP contribution in [0, 0.1) is 5.92 Å². The van der Waals surface area contributed by atoms with Crippen LogP contribution in [-0.4, -0.2) is 62.1 Å². The predicted octanol–water partition coefficient (Wildman–Crippen LogP) is 2.98. The summed E-state index contributed by atoms with van der Waals surface area (Å²) >= 11 is 0. The molecule has 2 aliphatic rings. The molecule has 3 heterocycles. The minimum Gasteiger partial charge on any atom is -0.482 e. The third-order valence-corrected chi connectivity index (χ3v) is 5.51. The van der Waals surface area contributed by atoms with Gasteiger partial charge in [0.25, 0.3) is 0 Å². The first kappa shape index (κ1) is 21.6. The monoisotopic (exact) mass is 407 g/mol. The Morgan fingerprint density at radius 2 is 1.86 bits per heavy atom. The lowest BCUT2D eigenvalue weighted by molar-refractivity contribution is -0.0764. The summed E-state index contributed by atoms with van der Waals surface area (Å²) in [5, 5.41) is 14.9. The predicted molar refractivity (Wildman–Crippen MR) is 107 cm³/mol. The van der Waals surface area contributed by atoms with Crippen LogP contribution in [0.3, 0.4) is 0 Å². The van der Waals surface area contributed by atoms with Crippen LogP contribution >= 0.6 is 0 Å². The molecule has 1 aromatic heterocycles. The molecule has 1 fully saturated rings. The number of aliphatic hydroxyl groups excluding tert-OH is 1. The highest BCUT2D eigenvalue weighted by atomic mass is 16.6. The third-order valence-electron chi connectivity index (χ3n) is 5.51. The molecule has 1 spiro atoms. The van der Waals surface area contributed by atoms with Crippen LogP contribution in [0.4, 0.5) is 4.79 Å². The summed E-state index contributed by atoms with van der Waals surface area (Å²) in [7, 11) is 0. The number of piperidine rings is 1. The number of aliphatic hydroxyl groups is 1. The Balaban J connectivity index is 1.86. The van der Waals surface area contributed by atoms with Crippen molar-refractivity contribution in [1.29, 1.82) is 0 Å². The Bertz CT molecular complexity index is 792. The zero-order chi connectivity index (χ0) is 21.8. The lowest BCUT2D eigenvalue weighted by Gasteiger charge is -2.48. The quantitative estimate of drug-likeness (QED) is 0.769. The van der Waals surface area contributed by atoms with Crippen LogP contribution < -0.4 is 4.74 Å². The number of Topliss-reactive ketones (excluding diaryl/α,β-unsaturated/α-hetero) is 1. The Hall–Kier alpha value is -2.09. The number of nitrogens with zero attached hydrogens (tertiary/aromatic N) is 3. The first-order chi connectivity index (χ1) is 13.2. The maximum Gasteiger partial charge on any atom is 0.410 e. The van der Waals surface area contributed by atoms with Crippen molar-refractivity contribution >= 4 is 11.9 Å². The molecule has 1 amide bonds. The van der Waals surface area contributed by atoms with E-state index in [-0.39, 0.29) is 23.1 Å². The van der Waals surface area contributed by atoms with Gasteiger partial charge in [-0.25, -0.2) is 4.79 Å². The van der Waals surface area contributed by atoms with Crippen LogP contribution in [0.15, 0.2) is 6.20 Å². The molecule has 29 heavy (non-hydrogen) atoms. The number of rotatable bonds is 1. The molecule has 8 heteroatoms. The SMILES string of the molecule is CC(O)C1C(=O)c2nn(C(C)(C)C)cc2OC12CCN(C(=O)OC(C)(C)C)CC2. The summed E-state index contributed by atoms with van der Waals surface area (Å²) in [6.45, 7) is 13.9. The number of carbonyl (C=O) groups excluding carboxylic acids is 2. The van der Waals surface area contributed by atoms with Crippen molar-refractivity contribution in [3.63, 3.8) is 0 Å². The number of amides is 1. The average Bonchev–Trinajstić information content (AvgIpc) is 2.97. The molecule has 2 aliphatic heterocycles. The van der Waals surface area contributed by atoms with Crippen molar-refractivity contribution in [2.45, 2.75) is 84.2 Å². The van der Waals surface area contributed by atoms with Crippen LogP contribution in [0.2, 0.25) is 0 Å². The number of hydrogen-bond acceptors (Lipinski definition) is 6. The van der Waals surface area contributed by atoms with Gasteiger partial charge in [-0.05, 0) is 48.5 Å². The lowest BCUT2D eigenvalue weighted by atomic mass is 9.72. The number of fused-ring (bicyclic) bond motifs is 1. The highest BCUT2D eigenvalue weighted by Gasteiger charge is 2.54. The average molecular weight is 408 g/mol. The van der Waals surface area contributed by atoms with Gasteiger partial charge < -0.3 is 19.5 Å². The molecule has 0 aliphatic carbocycles. The summed E-state index contributed by atoms with van der Waals surface area (Å²) in [4.78, 5) is 27.3. The molecule has 1 N–H and O–H groups in total. The van der Waals surface area contributed by atoms with Gasteiger partial charge in [0, 0.05) is 25.9 Å². The number of ketones is 1. The van der Waals surface area contributed by atoms with Crippen molar-refractivity contribution < 1.29 is 24.2 Å². The van der Waals surface area contributed by atoms with Crippen molar-refractivity contribution in [3.05, 3.63) is 11.9 Å². The first-order valence-electron chi connectivity index (χ1n) is 10.2. The maximum absolute atomic E-state index is 13.3. The summed E-state index contributed by atoms with van der Waals surface area (Å²) in [6, 6.07) is 0. The second-order valence-electron chi connectivity index (χ2n) is 10.2. The summed E-state index contributed by atoms with van der Waals surface area (Å²) < 4.78 is 13.6. The Labute approximate surface area is 172 Å². The fourth-order valence-electron chi connectivity index (χ4n) is 4.08. The number of hydrogen-bond donors (Lipinski definition) is 1. The summed E-state index contributed by atoms with van der Waals surface area (Å²) in [5.41, 5.74) is -1.45. The minimum atomic E-state index is -0.886. The number of ether oxygens (including phenoxy) is 2. The molecular weight excluding hydrogens is 374 g/mol. The van der Waals surface area contributed by atoms with E-state index in [1.807, 2.05) is 41.5 Å². The summed E-state index contributed by atoms with van der Waals surface area (Å²) in [6.07, 6.45) is 1.38. The fraction of sp³-hybridized carbons (Fsp3) is 0.762. The minimum absolute atomic E-state index is 0.199. The topological polar surface area (TPSA) is 93.9 Å². The smallest absolute Gasteiger partial charge is 0.410 e. The molecule has 8 nitrogen and oxygen atoms in total. The van der Waals surface area contributed by atoms with Crippen LogP contribution in [0.25, 0.3) is 0 Å². The van der Waals surface area contributed by atoms with E-state index in [0.717, 1.165) is 0 Å². The zero-order valence-corrected chi connectivity index (χ0v) is 18.5. The van der Waals surface area contributed by atoms with E-state index in [0.29, 0.717) is 31.7 Å². The van der Waals surface area contributed by atoms with Gasteiger partial charge in [-0.3, -0.25) is 9.48 Å². The van der Waals surface area contributed by atoms with E-state index in [1.165, 1.54) is 0 Å². The van der Waals surface area contributed by atoms with Gasteiger partial charge in [-0.15, -0.1) is 0 Å². The standard InChI is InChI=1S/C21H33N3O5/c1-13(25)15-17(26)16-14(12-24(22-16)19(2,3)4)28-21(15)8-10-23(11-9-21)18(27)29-20(5,6)7/h12-13,15,25H,8-11H2,1-7H3. The molecular formula is C21H33N3O5. The van der Waals surface area contributed by atoms with E-state index in [1.54, 1.807) is 22.7 Å². The largest absolute Gasteiger partial charge is 0.482 e. The molecule has 0 bridgehead atoms. The van der Waals surface area contributed by atoms with Gasteiger partial charge >= 0.3 is 6.09 Å². The molecule has 0 saturated carbocycles. The molecule has 1 aromatic rings. The van der Waals surface area contributed by atoms with Crippen LogP contribution in [-0.2, 0) is 10.3 Å². The lowest BCUT2D eigenvalue weighted by Crippen LogP contribution is -2.60. The highest BCUT2D eigenvalue weighted by Crippen LogP contribution is 2.44. The van der Waals surface area contributed by atoms with Crippen molar-refractivity contribution in [2.75, 3.05) is 13.1 Å². The second kappa shape index (κ2) is 7.00. The molecule has 2 atom stereocenters. The fourth-order valence-corrected chi connectivity index (χ4v) is 4.08. The normalized spacial score (nSPS) is 22.8. The van der Waals surface area contributed by atoms with Gasteiger partial charge in [0.15, 0.2) is 17.2 Å². The third kappa shape index (κ3) is 4.13. The van der Waals surface area contributed by atoms with Crippen molar-refractivity contribution in [3.8, 4) is 5.75 Å². The van der Waals surface area contributed by atoms with Gasteiger partial charge in [-0.1, -0.05) is 0 Å². The zero-order valence-electron chi connectivity index (χ0n) is 18.5. The second-order valence-corrected chi connectivity index (χ2v) is 10.2. The van der Waals surface area contributed by atoms with Gasteiger partial charge in [0.2, 0.25) is 0 Å².